The molecule has 1 atom stereocenters. The van der Waals surface area contributed by atoms with Crippen LogP contribution in [0.4, 0.5) is 0 Å². The van der Waals surface area contributed by atoms with Gasteiger partial charge >= 0.3 is 0 Å². The molecule has 1 fully saturated rings. The first-order valence-electron chi connectivity index (χ1n) is 8.60. The van der Waals surface area contributed by atoms with Gasteiger partial charge in [0.1, 0.15) is 5.75 Å². The van der Waals surface area contributed by atoms with Crippen molar-refractivity contribution in [1.29, 1.82) is 0 Å². The molecule has 0 aromatic heterocycles. The van der Waals surface area contributed by atoms with Gasteiger partial charge < -0.3 is 20.3 Å². The highest BCUT2D eigenvalue weighted by atomic mass is 16.5. The molecule has 1 saturated heterocycles. The molecule has 2 N–H and O–H groups in total. The largest absolute Gasteiger partial charge is 0.484 e. The molecule has 6 nitrogen and oxygen atoms in total. The third kappa shape index (κ3) is 6.23. The fraction of sp³-hybridized carbons (Fsp3) is 0.474. The number of ether oxygens (including phenoxy) is 1. The van der Waals surface area contributed by atoms with E-state index in [1.807, 2.05) is 37.2 Å². The Kier molecular flexibility index (Phi) is 7.01. The number of benzene rings is 1. The maximum absolute atomic E-state index is 12.6. The second-order valence-corrected chi connectivity index (χ2v) is 6.60. The summed E-state index contributed by atoms with van der Waals surface area (Å²) < 4.78 is 5.22. The average Bonchev–Trinajstić information content (AvgIpc) is 2.58. The number of likely N-dealkylation sites (N-methyl/N-ethyl adjacent to an activating group) is 1. The molecule has 25 heavy (non-hydrogen) atoms. The molecular weight excluding hydrogens is 318 g/mol. The minimum atomic E-state index is -0.511. The first-order valence-corrected chi connectivity index (χ1v) is 8.60. The summed E-state index contributed by atoms with van der Waals surface area (Å²) in [6.07, 6.45) is 6.74. The highest BCUT2D eigenvalue weighted by molar-refractivity contribution is 5.92. The van der Waals surface area contributed by atoms with Crippen LogP contribution < -0.4 is 10.5 Å². The highest BCUT2D eigenvalue weighted by Gasteiger charge is 2.25. The number of hydrogen-bond acceptors (Lipinski definition) is 4. The number of nitrogens with two attached hydrogens (primary N) is 1. The van der Waals surface area contributed by atoms with Crippen LogP contribution in [0.3, 0.4) is 0 Å². The van der Waals surface area contributed by atoms with Crippen LogP contribution >= 0.6 is 0 Å². The van der Waals surface area contributed by atoms with E-state index in [-0.39, 0.29) is 18.6 Å². The normalized spacial score (nSPS) is 17.9. The van der Waals surface area contributed by atoms with Crippen LogP contribution in [0, 0.1) is 0 Å². The monoisotopic (exact) mass is 345 g/mol. The molecule has 1 aromatic carbocycles. The Labute approximate surface area is 149 Å². The zero-order chi connectivity index (χ0) is 18.2. The number of piperidine rings is 1. The Balaban J connectivity index is 1.95. The average molecular weight is 345 g/mol. The Hall–Kier alpha value is -2.34. The molecule has 1 aromatic rings. The summed E-state index contributed by atoms with van der Waals surface area (Å²) in [5.74, 6) is 0.119. The van der Waals surface area contributed by atoms with Gasteiger partial charge in [0.25, 0.3) is 5.91 Å². The van der Waals surface area contributed by atoms with Crippen LogP contribution in [0.5, 0.6) is 5.75 Å². The molecule has 2 rings (SSSR count). The molecule has 0 bridgehead atoms. The van der Waals surface area contributed by atoms with Crippen LogP contribution in [-0.4, -0.2) is 61.4 Å². The summed E-state index contributed by atoms with van der Waals surface area (Å²) >= 11 is 0. The van der Waals surface area contributed by atoms with E-state index >= 15 is 0 Å². The van der Waals surface area contributed by atoms with Crippen molar-refractivity contribution in [2.24, 2.45) is 5.73 Å². The predicted octanol–water partition coefficient (Wildman–Crippen LogP) is 1.51. The predicted molar refractivity (Wildman–Crippen MR) is 98.1 cm³/mol. The van der Waals surface area contributed by atoms with Crippen molar-refractivity contribution >= 4 is 17.9 Å². The van der Waals surface area contributed by atoms with E-state index in [0.717, 1.165) is 31.5 Å². The van der Waals surface area contributed by atoms with Gasteiger partial charge in [-0.15, -0.1) is 0 Å². The van der Waals surface area contributed by atoms with Crippen molar-refractivity contribution in [3.8, 4) is 5.75 Å². The molecule has 1 heterocycles. The summed E-state index contributed by atoms with van der Waals surface area (Å²) in [7, 11) is 4.07. The Bertz CT molecular complexity index is 611. The molecule has 1 aliphatic heterocycles. The summed E-state index contributed by atoms with van der Waals surface area (Å²) in [5, 5.41) is 0. The van der Waals surface area contributed by atoms with Crippen LogP contribution in [-0.2, 0) is 9.59 Å². The zero-order valence-electron chi connectivity index (χ0n) is 15.0. The number of primary amides is 1. The van der Waals surface area contributed by atoms with Crippen molar-refractivity contribution in [3.63, 3.8) is 0 Å². The van der Waals surface area contributed by atoms with Crippen LogP contribution in [0.25, 0.3) is 6.08 Å². The zero-order valence-corrected chi connectivity index (χ0v) is 15.0. The van der Waals surface area contributed by atoms with Crippen molar-refractivity contribution in [2.75, 3.05) is 33.8 Å². The molecule has 1 aliphatic rings. The molecule has 2 amide bonds. The quantitative estimate of drug-likeness (QED) is 0.760. The van der Waals surface area contributed by atoms with Gasteiger partial charge in [-0.05, 0) is 57.1 Å². The van der Waals surface area contributed by atoms with E-state index in [1.165, 1.54) is 6.42 Å². The molecule has 0 unspecified atom stereocenters. The van der Waals surface area contributed by atoms with Crippen molar-refractivity contribution < 1.29 is 14.3 Å². The molecule has 0 radical (unpaired) electrons. The van der Waals surface area contributed by atoms with E-state index in [2.05, 4.69) is 4.90 Å². The first kappa shape index (κ1) is 19.0. The topological polar surface area (TPSA) is 75.9 Å². The molecule has 136 valence electrons. The first-order chi connectivity index (χ1) is 12.0. The molecule has 6 heteroatoms. The van der Waals surface area contributed by atoms with E-state index < -0.39 is 5.91 Å². The minimum absolute atomic E-state index is 0.0561. The standard InChI is InChI=1S/C19H27N3O3/c1-21(2)13-16-5-3-4-12-22(16)19(24)11-8-15-6-9-17(10-7-15)25-14-18(20)23/h6-11,16H,3-5,12-14H2,1-2H3,(H2,20,23)/b11-8-/t16-/m0/s1. The summed E-state index contributed by atoms with van der Waals surface area (Å²) in [6.45, 7) is 1.57. The number of nitrogens with zero attached hydrogens (tertiary/aromatic N) is 2. The summed E-state index contributed by atoms with van der Waals surface area (Å²) in [4.78, 5) is 27.4. The Morgan fingerprint density at radius 1 is 1.28 bits per heavy atom. The fourth-order valence-corrected chi connectivity index (χ4v) is 2.99. The number of carbonyl (C=O) groups excluding carboxylic acids is 2. The lowest BCUT2D eigenvalue weighted by Crippen LogP contribution is -2.47. The van der Waals surface area contributed by atoms with E-state index in [4.69, 9.17) is 10.5 Å². The number of likely N-dealkylation sites (tertiary alicyclic amines) is 1. The van der Waals surface area contributed by atoms with E-state index in [9.17, 15) is 9.59 Å². The minimum Gasteiger partial charge on any atom is -0.484 e. The third-order valence-electron chi connectivity index (χ3n) is 4.17. The molecule has 0 aliphatic carbocycles. The van der Waals surface area contributed by atoms with Gasteiger partial charge in [0.2, 0.25) is 5.91 Å². The third-order valence-corrected chi connectivity index (χ3v) is 4.17. The number of hydrogen-bond donors (Lipinski definition) is 1. The Morgan fingerprint density at radius 3 is 2.64 bits per heavy atom. The van der Waals surface area contributed by atoms with Gasteiger partial charge in [-0.3, -0.25) is 9.59 Å². The van der Waals surface area contributed by atoms with Gasteiger partial charge in [0.15, 0.2) is 6.61 Å². The van der Waals surface area contributed by atoms with Crippen LogP contribution in [0.15, 0.2) is 30.3 Å². The van der Waals surface area contributed by atoms with Gasteiger partial charge in [-0.25, -0.2) is 0 Å². The lowest BCUT2D eigenvalue weighted by atomic mass is 10.0. The van der Waals surface area contributed by atoms with Gasteiger partial charge in [0.05, 0.1) is 0 Å². The Morgan fingerprint density at radius 2 is 2.00 bits per heavy atom. The summed E-state index contributed by atoms with van der Waals surface area (Å²) in [6, 6.07) is 7.47. The molecule has 0 saturated carbocycles. The highest BCUT2D eigenvalue weighted by Crippen LogP contribution is 2.19. The second-order valence-electron chi connectivity index (χ2n) is 6.60. The van der Waals surface area contributed by atoms with E-state index in [0.29, 0.717) is 5.75 Å². The lowest BCUT2D eigenvalue weighted by molar-refractivity contribution is -0.129. The van der Waals surface area contributed by atoms with Crippen molar-refractivity contribution in [3.05, 3.63) is 35.9 Å². The van der Waals surface area contributed by atoms with Crippen LogP contribution in [0.1, 0.15) is 24.8 Å². The second kappa shape index (κ2) is 9.22. The van der Waals surface area contributed by atoms with Crippen LogP contribution in [0.2, 0.25) is 0 Å². The maximum Gasteiger partial charge on any atom is 0.255 e. The lowest BCUT2D eigenvalue weighted by Gasteiger charge is -2.36. The molecular formula is C19H27N3O3. The fourth-order valence-electron chi connectivity index (χ4n) is 2.99. The van der Waals surface area contributed by atoms with Gasteiger partial charge in [-0.2, -0.15) is 0 Å². The van der Waals surface area contributed by atoms with Gasteiger partial charge in [0, 0.05) is 25.2 Å². The van der Waals surface area contributed by atoms with Crippen molar-refractivity contribution in [2.45, 2.75) is 25.3 Å². The molecule has 0 spiro atoms. The number of rotatable bonds is 7. The maximum atomic E-state index is 12.6. The van der Waals surface area contributed by atoms with Gasteiger partial charge in [-0.1, -0.05) is 12.1 Å². The smallest absolute Gasteiger partial charge is 0.255 e. The number of amides is 2. The van der Waals surface area contributed by atoms with Crippen molar-refractivity contribution in [1.82, 2.24) is 9.80 Å². The SMILES string of the molecule is CN(C)C[C@@H]1CCCCN1C(=O)/C=C\c1ccc(OCC(N)=O)cc1. The van der Waals surface area contributed by atoms with E-state index in [1.54, 1.807) is 18.2 Å². The summed E-state index contributed by atoms with van der Waals surface area (Å²) in [5.41, 5.74) is 5.95. The number of carbonyl (C=O) groups is 2.